The lowest BCUT2D eigenvalue weighted by atomic mass is 9.85. The highest BCUT2D eigenvalue weighted by atomic mass is 19.1. The second kappa shape index (κ2) is 6.53. The highest BCUT2D eigenvalue weighted by molar-refractivity contribution is 5.95. The van der Waals surface area contributed by atoms with Gasteiger partial charge in [-0.1, -0.05) is 6.07 Å². The van der Waals surface area contributed by atoms with Gasteiger partial charge < -0.3 is 15.2 Å². The van der Waals surface area contributed by atoms with E-state index in [-0.39, 0.29) is 11.3 Å². The maximum absolute atomic E-state index is 13.4. The fourth-order valence-corrected chi connectivity index (χ4v) is 3.03. The smallest absolute Gasteiger partial charge is 0.251 e. The van der Waals surface area contributed by atoms with Crippen LogP contribution in [0.3, 0.4) is 0 Å². The monoisotopic (exact) mass is 357 g/mol. The van der Waals surface area contributed by atoms with Gasteiger partial charge in [0.05, 0.1) is 6.04 Å². The van der Waals surface area contributed by atoms with Crippen molar-refractivity contribution >= 4 is 11.7 Å². The summed E-state index contributed by atoms with van der Waals surface area (Å²) < 4.78 is 19.2. The molecule has 0 aromatic heterocycles. The summed E-state index contributed by atoms with van der Waals surface area (Å²) in [5.74, 6) is -0.702. The molecule has 2 aromatic rings. The van der Waals surface area contributed by atoms with Crippen molar-refractivity contribution in [1.29, 1.82) is 0 Å². The van der Waals surface area contributed by atoms with Crippen LogP contribution < -0.4 is 10.1 Å². The van der Waals surface area contributed by atoms with Crippen molar-refractivity contribution in [2.45, 2.75) is 38.5 Å². The van der Waals surface area contributed by atoms with Crippen molar-refractivity contribution in [1.82, 2.24) is 5.32 Å². The molecule has 0 spiro atoms. The number of nitrogens with one attached hydrogen (secondary N) is 1. The first-order chi connectivity index (χ1) is 12.2. The standard InChI is InChI=1S/C20H20FNO4/c1-11(23)12-7-8-16-15(10-12)17(18(24)20(2,3)26-16)22-19(25)13-5-4-6-14(21)9-13/h4-10,17-18,24H,1-3H3,(H,22,25). The number of benzene rings is 2. The Morgan fingerprint density at radius 3 is 2.54 bits per heavy atom. The largest absolute Gasteiger partial charge is 0.485 e. The summed E-state index contributed by atoms with van der Waals surface area (Å²) in [4.78, 5) is 24.2. The first kappa shape index (κ1) is 18.1. The van der Waals surface area contributed by atoms with Crippen LogP contribution in [-0.2, 0) is 0 Å². The number of aliphatic hydroxyl groups is 1. The summed E-state index contributed by atoms with van der Waals surface area (Å²) in [5, 5.41) is 13.5. The fraction of sp³-hybridized carbons (Fsp3) is 0.300. The van der Waals surface area contributed by atoms with Crippen molar-refractivity contribution < 1.29 is 23.8 Å². The number of aliphatic hydroxyl groups excluding tert-OH is 1. The van der Waals surface area contributed by atoms with Crippen LogP contribution in [0.1, 0.15) is 53.1 Å². The number of Topliss-reactive ketones (excluding diaryl/α,β-unsaturated/α-hetero) is 1. The van der Waals surface area contributed by atoms with Gasteiger partial charge in [-0.3, -0.25) is 9.59 Å². The molecular formula is C20H20FNO4. The van der Waals surface area contributed by atoms with E-state index in [2.05, 4.69) is 5.32 Å². The van der Waals surface area contributed by atoms with Crippen LogP contribution in [0.15, 0.2) is 42.5 Å². The number of ketones is 1. The van der Waals surface area contributed by atoms with E-state index in [0.29, 0.717) is 16.9 Å². The van der Waals surface area contributed by atoms with E-state index in [4.69, 9.17) is 4.74 Å². The van der Waals surface area contributed by atoms with Gasteiger partial charge in [-0.15, -0.1) is 0 Å². The number of hydrogen-bond acceptors (Lipinski definition) is 4. The van der Waals surface area contributed by atoms with Crippen LogP contribution in [0, 0.1) is 5.82 Å². The maximum atomic E-state index is 13.4. The zero-order valence-corrected chi connectivity index (χ0v) is 14.7. The van der Waals surface area contributed by atoms with Crippen molar-refractivity contribution in [2.75, 3.05) is 0 Å². The van der Waals surface area contributed by atoms with E-state index in [1.165, 1.54) is 25.1 Å². The van der Waals surface area contributed by atoms with E-state index >= 15 is 0 Å². The van der Waals surface area contributed by atoms with Gasteiger partial charge in [-0.2, -0.15) is 0 Å². The zero-order valence-electron chi connectivity index (χ0n) is 14.7. The molecule has 0 bridgehead atoms. The Bertz CT molecular complexity index is 878. The van der Waals surface area contributed by atoms with Gasteiger partial charge in [-0.25, -0.2) is 4.39 Å². The Morgan fingerprint density at radius 1 is 1.15 bits per heavy atom. The molecule has 0 aliphatic carbocycles. The number of ether oxygens (including phenoxy) is 1. The Morgan fingerprint density at radius 2 is 1.88 bits per heavy atom. The minimum atomic E-state index is -1.06. The van der Waals surface area contributed by atoms with Gasteiger partial charge in [0.2, 0.25) is 0 Å². The average Bonchev–Trinajstić information content (AvgIpc) is 2.58. The quantitative estimate of drug-likeness (QED) is 0.828. The Kier molecular flexibility index (Phi) is 4.54. The zero-order chi connectivity index (χ0) is 19.1. The highest BCUT2D eigenvalue weighted by Gasteiger charge is 2.43. The van der Waals surface area contributed by atoms with Gasteiger partial charge in [0.25, 0.3) is 5.91 Å². The Balaban J connectivity index is 2.00. The van der Waals surface area contributed by atoms with Gasteiger partial charge in [-0.05, 0) is 57.2 Å². The predicted molar refractivity (Wildman–Crippen MR) is 93.8 cm³/mol. The number of amides is 1. The molecular weight excluding hydrogens is 337 g/mol. The molecule has 6 heteroatoms. The lowest BCUT2D eigenvalue weighted by molar-refractivity contribution is -0.0627. The number of hydrogen-bond donors (Lipinski definition) is 2. The van der Waals surface area contributed by atoms with Crippen molar-refractivity contribution in [3.8, 4) is 5.75 Å². The van der Waals surface area contributed by atoms with Gasteiger partial charge >= 0.3 is 0 Å². The minimum absolute atomic E-state index is 0.137. The van der Waals surface area contributed by atoms with Crippen LogP contribution in [-0.4, -0.2) is 28.5 Å². The molecule has 1 amide bonds. The van der Waals surface area contributed by atoms with E-state index in [1.54, 1.807) is 32.0 Å². The molecule has 3 rings (SSSR count). The number of fused-ring (bicyclic) bond motifs is 1. The Hall–Kier alpha value is -2.73. The summed E-state index contributed by atoms with van der Waals surface area (Å²) in [6.07, 6.45) is -1.06. The second-order valence-electron chi connectivity index (χ2n) is 6.92. The molecule has 2 atom stereocenters. The molecule has 1 heterocycles. The van der Waals surface area contributed by atoms with Crippen molar-refractivity contribution in [2.24, 2.45) is 0 Å². The molecule has 26 heavy (non-hydrogen) atoms. The molecule has 2 N–H and O–H groups in total. The molecule has 1 aliphatic rings. The molecule has 1 aliphatic heterocycles. The highest BCUT2D eigenvalue weighted by Crippen LogP contribution is 2.40. The summed E-state index contributed by atoms with van der Waals surface area (Å²) in [7, 11) is 0. The van der Waals surface area contributed by atoms with Gasteiger partial charge in [0.1, 0.15) is 23.3 Å². The third kappa shape index (κ3) is 3.32. The molecule has 2 unspecified atom stereocenters. The molecule has 2 aromatic carbocycles. The second-order valence-corrected chi connectivity index (χ2v) is 6.92. The third-order valence-electron chi connectivity index (χ3n) is 4.53. The first-order valence-electron chi connectivity index (χ1n) is 8.27. The van der Waals surface area contributed by atoms with Crippen LogP contribution in [0.4, 0.5) is 4.39 Å². The van der Waals surface area contributed by atoms with E-state index in [0.717, 1.165) is 6.07 Å². The summed E-state index contributed by atoms with van der Waals surface area (Å²) in [6, 6.07) is 9.40. The third-order valence-corrected chi connectivity index (χ3v) is 4.53. The van der Waals surface area contributed by atoms with E-state index in [9.17, 15) is 19.1 Å². The predicted octanol–water partition coefficient (Wildman–Crippen LogP) is 3.03. The van der Waals surface area contributed by atoms with E-state index < -0.39 is 29.5 Å². The lowest BCUT2D eigenvalue weighted by Crippen LogP contribution is -2.53. The summed E-state index contributed by atoms with van der Waals surface area (Å²) in [6.45, 7) is 4.85. The van der Waals surface area contributed by atoms with Crippen LogP contribution in [0.5, 0.6) is 5.75 Å². The lowest BCUT2D eigenvalue weighted by Gasteiger charge is -2.42. The SMILES string of the molecule is CC(=O)c1ccc2c(c1)C(NC(=O)c1cccc(F)c1)C(O)C(C)(C)O2. The number of carbonyl (C=O) groups excluding carboxylic acids is 2. The topological polar surface area (TPSA) is 75.6 Å². The first-order valence-corrected chi connectivity index (χ1v) is 8.27. The molecule has 0 saturated heterocycles. The van der Waals surface area contributed by atoms with Crippen LogP contribution in [0.2, 0.25) is 0 Å². The Labute approximate surface area is 150 Å². The molecule has 5 nitrogen and oxygen atoms in total. The average molecular weight is 357 g/mol. The number of carbonyl (C=O) groups is 2. The number of rotatable bonds is 3. The van der Waals surface area contributed by atoms with Crippen LogP contribution in [0.25, 0.3) is 0 Å². The molecule has 0 radical (unpaired) electrons. The summed E-state index contributed by atoms with van der Waals surface area (Å²) in [5.41, 5.74) is 0.147. The van der Waals surface area contributed by atoms with Gasteiger partial charge in [0.15, 0.2) is 5.78 Å². The van der Waals surface area contributed by atoms with Gasteiger partial charge in [0, 0.05) is 16.7 Å². The molecule has 136 valence electrons. The normalized spacial score (nSPS) is 20.7. The molecule has 0 fully saturated rings. The fourth-order valence-electron chi connectivity index (χ4n) is 3.03. The van der Waals surface area contributed by atoms with Crippen molar-refractivity contribution in [3.63, 3.8) is 0 Å². The minimum Gasteiger partial charge on any atom is -0.485 e. The maximum Gasteiger partial charge on any atom is 0.251 e. The van der Waals surface area contributed by atoms with Crippen molar-refractivity contribution in [3.05, 3.63) is 65.0 Å². The number of halogens is 1. The summed E-state index contributed by atoms with van der Waals surface area (Å²) >= 11 is 0. The van der Waals surface area contributed by atoms with Crippen LogP contribution >= 0.6 is 0 Å². The molecule has 0 saturated carbocycles. The van der Waals surface area contributed by atoms with E-state index in [1.807, 2.05) is 0 Å².